The molecule has 5 nitrogen and oxygen atoms in total. The molecule has 1 aromatic heterocycles. The quantitative estimate of drug-likeness (QED) is 0.833. The van der Waals surface area contributed by atoms with Crippen LogP contribution < -0.4 is 5.73 Å². The predicted octanol–water partition coefficient (Wildman–Crippen LogP) is 1.72. The third kappa shape index (κ3) is 3.51. The minimum atomic E-state index is -0.196. The van der Waals surface area contributed by atoms with E-state index in [4.69, 9.17) is 15.2 Å². The summed E-state index contributed by atoms with van der Waals surface area (Å²) in [7, 11) is 3.35. The van der Waals surface area contributed by atoms with Crippen LogP contribution in [0.2, 0.25) is 0 Å². The third-order valence-electron chi connectivity index (χ3n) is 2.76. The van der Waals surface area contributed by atoms with Crippen molar-refractivity contribution in [3.63, 3.8) is 0 Å². The lowest BCUT2D eigenvalue weighted by atomic mass is 10.1. The van der Waals surface area contributed by atoms with Crippen molar-refractivity contribution in [3.05, 3.63) is 16.4 Å². The van der Waals surface area contributed by atoms with Crippen molar-refractivity contribution < 1.29 is 9.47 Å². The van der Waals surface area contributed by atoms with E-state index in [2.05, 4.69) is 28.0 Å². The highest BCUT2D eigenvalue weighted by Gasteiger charge is 2.23. The zero-order valence-corrected chi connectivity index (χ0v) is 12.1. The highest BCUT2D eigenvalue weighted by Crippen LogP contribution is 2.26. The molecule has 17 heavy (non-hydrogen) atoms. The largest absolute Gasteiger partial charge is 0.383 e. The minimum Gasteiger partial charge on any atom is -0.383 e. The molecule has 0 aliphatic carbocycles. The van der Waals surface area contributed by atoms with Crippen molar-refractivity contribution in [2.75, 3.05) is 20.8 Å². The minimum absolute atomic E-state index is 0.00991. The van der Waals surface area contributed by atoms with Crippen LogP contribution in [0.15, 0.2) is 10.7 Å². The highest BCUT2D eigenvalue weighted by atomic mass is 79.9. The SMILES string of the molecule is CCC(OC)C(N)c1c(Br)cnn1CCOC. The molecule has 6 heteroatoms. The van der Waals surface area contributed by atoms with Gasteiger partial charge in [0.1, 0.15) is 0 Å². The van der Waals surface area contributed by atoms with Gasteiger partial charge in [-0.05, 0) is 22.4 Å². The smallest absolute Gasteiger partial charge is 0.0776 e. The van der Waals surface area contributed by atoms with Gasteiger partial charge in [0, 0.05) is 14.2 Å². The summed E-state index contributed by atoms with van der Waals surface area (Å²) >= 11 is 3.48. The highest BCUT2D eigenvalue weighted by molar-refractivity contribution is 9.10. The average Bonchev–Trinajstić information content (AvgIpc) is 2.69. The monoisotopic (exact) mass is 305 g/mol. The second-order valence-corrected chi connectivity index (χ2v) is 4.66. The molecule has 0 fully saturated rings. The Balaban J connectivity index is 2.90. The van der Waals surface area contributed by atoms with Crippen LogP contribution in [0.3, 0.4) is 0 Å². The van der Waals surface area contributed by atoms with Gasteiger partial charge in [0.15, 0.2) is 0 Å². The normalized spacial score (nSPS) is 14.9. The van der Waals surface area contributed by atoms with Crippen LogP contribution in [0.25, 0.3) is 0 Å². The van der Waals surface area contributed by atoms with Gasteiger partial charge in [-0.25, -0.2) is 0 Å². The first-order chi connectivity index (χ1) is 8.15. The fraction of sp³-hybridized carbons (Fsp3) is 0.727. The lowest BCUT2D eigenvalue weighted by Crippen LogP contribution is -2.30. The Kier molecular flexibility index (Phi) is 6.11. The van der Waals surface area contributed by atoms with Crippen LogP contribution in [0.4, 0.5) is 0 Å². The Morgan fingerprint density at radius 1 is 1.53 bits per heavy atom. The Morgan fingerprint density at radius 3 is 2.76 bits per heavy atom. The lowest BCUT2D eigenvalue weighted by Gasteiger charge is -2.22. The molecule has 1 aromatic rings. The van der Waals surface area contributed by atoms with E-state index in [0.29, 0.717) is 13.2 Å². The van der Waals surface area contributed by atoms with Gasteiger partial charge in [0.05, 0.1) is 41.7 Å². The van der Waals surface area contributed by atoms with Crippen LogP contribution in [-0.4, -0.2) is 36.7 Å². The molecule has 2 atom stereocenters. The van der Waals surface area contributed by atoms with Crippen molar-refractivity contribution in [1.29, 1.82) is 0 Å². The fourth-order valence-corrected chi connectivity index (χ4v) is 2.36. The molecule has 1 heterocycles. The fourth-order valence-electron chi connectivity index (χ4n) is 1.80. The molecular weight excluding hydrogens is 286 g/mol. The van der Waals surface area contributed by atoms with Crippen LogP contribution in [-0.2, 0) is 16.0 Å². The van der Waals surface area contributed by atoms with Gasteiger partial charge in [-0.1, -0.05) is 6.92 Å². The van der Waals surface area contributed by atoms with Gasteiger partial charge in [0.2, 0.25) is 0 Å². The lowest BCUT2D eigenvalue weighted by molar-refractivity contribution is 0.0737. The molecule has 0 saturated carbocycles. The molecule has 2 N–H and O–H groups in total. The summed E-state index contributed by atoms with van der Waals surface area (Å²) in [6.45, 7) is 3.35. The van der Waals surface area contributed by atoms with E-state index in [1.807, 2.05) is 4.68 Å². The predicted molar refractivity (Wildman–Crippen MR) is 69.8 cm³/mol. The van der Waals surface area contributed by atoms with Crippen LogP contribution in [0.5, 0.6) is 0 Å². The summed E-state index contributed by atoms with van der Waals surface area (Å²) in [5.74, 6) is 0. The number of ether oxygens (including phenoxy) is 2. The summed E-state index contributed by atoms with van der Waals surface area (Å²) in [6.07, 6.45) is 2.61. The van der Waals surface area contributed by atoms with Crippen molar-refractivity contribution in [2.24, 2.45) is 5.73 Å². The second kappa shape index (κ2) is 7.10. The number of hydrogen-bond acceptors (Lipinski definition) is 4. The van der Waals surface area contributed by atoms with Gasteiger partial charge in [-0.3, -0.25) is 4.68 Å². The molecule has 0 aromatic carbocycles. The molecule has 0 bridgehead atoms. The third-order valence-corrected chi connectivity index (χ3v) is 3.37. The van der Waals surface area contributed by atoms with Crippen molar-refractivity contribution in [2.45, 2.75) is 32.0 Å². The second-order valence-electron chi connectivity index (χ2n) is 3.80. The number of nitrogens with two attached hydrogens (primary N) is 1. The maximum absolute atomic E-state index is 6.22. The average molecular weight is 306 g/mol. The Labute approximate surface area is 110 Å². The maximum Gasteiger partial charge on any atom is 0.0776 e. The van der Waals surface area contributed by atoms with E-state index < -0.39 is 0 Å². The molecule has 0 amide bonds. The number of rotatable bonds is 7. The maximum atomic E-state index is 6.22. The summed E-state index contributed by atoms with van der Waals surface area (Å²) in [4.78, 5) is 0. The van der Waals surface area contributed by atoms with Crippen LogP contribution in [0, 0.1) is 0 Å². The van der Waals surface area contributed by atoms with Crippen LogP contribution in [0.1, 0.15) is 25.1 Å². The topological polar surface area (TPSA) is 62.3 Å². The van der Waals surface area contributed by atoms with Crippen molar-refractivity contribution in [1.82, 2.24) is 9.78 Å². The summed E-state index contributed by atoms with van der Waals surface area (Å²) in [5, 5.41) is 4.28. The Morgan fingerprint density at radius 2 is 2.24 bits per heavy atom. The van der Waals surface area contributed by atoms with E-state index in [0.717, 1.165) is 16.6 Å². The van der Waals surface area contributed by atoms with Gasteiger partial charge in [0.25, 0.3) is 0 Å². The zero-order valence-electron chi connectivity index (χ0n) is 10.5. The molecule has 0 aliphatic rings. The van der Waals surface area contributed by atoms with Crippen LogP contribution >= 0.6 is 15.9 Å². The van der Waals surface area contributed by atoms with E-state index >= 15 is 0 Å². The number of hydrogen-bond donors (Lipinski definition) is 1. The standard InChI is InChI=1S/C11H20BrN3O2/c1-4-9(17-3)10(13)11-8(12)7-14-15(11)5-6-16-2/h7,9-10H,4-6,13H2,1-3H3. The number of halogens is 1. The zero-order chi connectivity index (χ0) is 12.8. The number of aromatic nitrogens is 2. The molecule has 0 radical (unpaired) electrons. The summed E-state index contributed by atoms with van der Waals surface area (Å²) in [5.41, 5.74) is 7.18. The van der Waals surface area contributed by atoms with Gasteiger partial charge in [-0.15, -0.1) is 0 Å². The molecule has 0 spiro atoms. The summed E-state index contributed by atoms with van der Waals surface area (Å²) < 4.78 is 13.2. The molecule has 1 rings (SSSR count). The first-order valence-electron chi connectivity index (χ1n) is 5.64. The van der Waals surface area contributed by atoms with E-state index in [1.165, 1.54) is 0 Å². The van der Waals surface area contributed by atoms with Gasteiger partial charge in [-0.2, -0.15) is 5.10 Å². The van der Waals surface area contributed by atoms with Gasteiger partial charge >= 0.3 is 0 Å². The van der Waals surface area contributed by atoms with Crippen molar-refractivity contribution in [3.8, 4) is 0 Å². The Bertz CT molecular complexity index is 339. The van der Waals surface area contributed by atoms with E-state index in [1.54, 1.807) is 20.4 Å². The Hall–Kier alpha value is -0.430. The molecular formula is C11H20BrN3O2. The number of nitrogens with zero attached hydrogens (tertiary/aromatic N) is 2. The van der Waals surface area contributed by atoms with E-state index in [-0.39, 0.29) is 12.1 Å². The van der Waals surface area contributed by atoms with Crippen molar-refractivity contribution >= 4 is 15.9 Å². The first kappa shape index (κ1) is 14.6. The molecule has 0 saturated heterocycles. The van der Waals surface area contributed by atoms with E-state index in [9.17, 15) is 0 Å². The first-order valence-corrected chi connectivity index (χ1v) is 6.43. The molecule has 98 valence electrons. The number of methoxy groups -OCH3 is 2. The summed E-state index contributed by atoms with van der Waals surface area (Å²) in [6, 6.07) is -0.196. The molecule has 2 unspecified atom stereocenters. The van der Waals surface area contributed by atoms with Gasteiger partial charge < -0.3 is 15.2 Å². The molecule has 0 aliphatic heterocycles.